The van der Waals surface area contributed by atoms with Crippen molar-refractivity contribution in [2.75, 3.05) is 14.2 Å². The van der Waals surface area contributed by atoms with E-state index in [-0.39, 0.29) is 4.83 Å². The van der Waals surface area contributed by atoms with Crippen LogP contribution in [0.3, 0.4) is 0 Å². The Balaban J connectivity index is 2.44. The zero-order chi connectivity index (χ0) is 14.7. The molecule has 0 fully saturated rings. The first kappa shape index (κ1) is 15.4. The van der Waals surface area contributed by atoms with E-state index in [9.17, 15) is 0 Å². The normalized spacial score (nSPS) is 12.2. The third-order valence-electron chi connectivity index (χ3n) is 3.06. The Morgan fingerprint density at radius 1 is 1.15 bits per heavy atom. The number of hydrogen-bond acceptors (Lipinski definition) is 3. The van der Waals surface area contributed by atoms with Crippen LogP contribution in [0.5, 0.6) is 11.5 Å². The zero-order valence-corrected chi connectivity index (χ0v) is 14.7. The summed E-state index contributed by atoms with van der Waals surface area (Å²) >= 11 is 7.13. The van der Waals surface area contributed by atoms with E-state index < -0.39 is 0 Å². The molecule has 0 aliphatic heterocycles. The maximum absolute atomic E-state index is 5.80. The van der Waals surface area contributed by atoms with E-state index in [2.05, 4.69) is 38.8 Å². The molecule has 0 saturated carbocycles. The largest absolute Gasteiger partial charge is 0.496 e. The Bertz CT molecular complexity index is 593. The van der Waals surface area contributed by atoms with Crippen LogP contribution >= 0.6 is 31.9 Å². The summed E-state index contributed by atoms with van der Waals surface area (Å²) in [5.41, 5.74) is 0.963. The molecule has 2 rings (SSSR count). The van der Waals surface area contributed by atoms with Gasteiger partial charge in [-0.3, -0.25) is 0 Å². The van der Waals surface area contributed by atoms with E-state index in [4.69, 9.17) is 13.9 Å². The molecule has 1 aromatic heterocycles. The molecule has 2 aromatic rings. The van der Waals surface area contributed by atoms with E-state index in [1.807, 2.05) is 24.3 Å². The molecule has 1 heterocycles. The molecule has 108 valence electrons. The monoisotopic (exact) mass is 402 g/mol. The lowest BCUT2D eigenvalue weighted by molar-refractivity contribution is 0.395. The first-order chi connectivity index (χ1) is 9.60. The van der Waals surface area contributed by atoms with Crippen LogP contribution in [-0.4, -0.2) is 14.2 Å². The third kappa shape index (κ3) is 3.04. The number of alkyl halides is 1. The fourth-order valence-electron chi connectivity index (χ4n) is 1.96. The summed E-state index contributed by atoms with van der Waals surface area (Å²) in [5, 5.41) is 0. The van der Waals surface area contributed by atoms with Crippen LogP contribution in [0.2, 0.25) is 0 Å². The van der Waals surface area contributed by atoms with Crippen molar-refractivity contribution < 1.29 is 13.9 Å². The molecule has 1 atom stereocenters. The van der Waals surface area contributed by atoms with Gasteiger partial charge in [0.2, 0.25) is 0 Å². The molecule has 1 unspecified atom stereocenters. The number of rotatable bonds is 5. The number of hydrogen-bond donors (Lipinski definition) is 0. The van der Waals surface area contributed by atoms with Crippen molar-refractivity contribution in [1.82, 2.24) is 0 Å². The quantitative estimate of drug-likeness (QED) is 0.650. The fraction of sp³-hybridized carbons (Fsp3) is 0.333. The third-order valence-corrected chi connectivity index (χ3v) is 4.62. The second-order valence-electron chi connectivity index (χ2n) is 4.25. The lowest BCUT2D eigenvalue weighted by Gasteiger charge is -2.15. The van der Waals surface area contributed by atoms with Crippen molar-refractivity contribution in [3.63, 3.8) is 0 Å². The summed E-state index contributed by atoms with van der Waals surface area (Å²) in [7, 11) is 3.29. The van der Waals surface area contributed by atoms with Gasteiger partial charge in [-0.25, -0.2) is 0 Å². The van der Waals surface area contributed by atoms with Gasteiger partial charge in [0.1, 0.15) is 27.8 Å². The number of halogens is 2. The minimum absolute atomic E-state index is 0.0836. The predicted molar refractivity (Wildman–Crippen MR) is 86.1 cm³/mol. The van der Waals surface area contributed by atoms with Gasteiger partial charge >= 0.3 is 0 Å². The van der Waals surface area contributed by atoms with Gasteiger partial charge in [0.15, 0.2) is 0 Å². The summed E-state index contributed by atoms with van der Waals surface area (Å²) in [4.78, 5) is -0.0836. The first-order valence-electron chi connectivity index (χ1n) is 6.24. The van der Waals surface area contributed by atoms with Crippen molar-refractivity contribution in [3.05, 3.63) is 45.8 Å². The molecule has 5 heteroatoms. The van der Waals surface area contributed by atoms with Gasteiger partial charge in [-0.2, -0.15) is 0 Å². The van der Waals surface area contributed by atoms with Crippen LogP contribution in [0.25, 0.3) is 0 Å². The van der Waals surface area contributed by atoms with E-state index in [0.717, 1.165) is 39.5 Å². The van der Waals surface area contributed by atoms with Gasteiger partial charge in [-0.05, 0) is 40.2 Å². The lowest BCUT2D eigenvalue weighted by Crippen LogP contribution is -1.98. The Hall–Kier alpha value is -0.940. The van der Waals surface area contributed by atoms with Gasteiger partial charge in [-0.15, -0.1) is 0 Å². The summed E-state index contributed by atoms with van der Waals surface area (Å²) in [6.45, 7) is 2.06. The molecular weight excluding hydrogens is 388 g/mol. The average Bonchev–Trinajstić information content (AvgIpc) is 2.95. The van der Waals surface area contributed by atoms with Gasteiger partial charge in [0.05, 0.1) is 18.7 Å². The SMILES string of the molecule is CCc1ccc(C(Br)c2cc(OC)c(Br)cc2OC)o1. The van der Waals surface area contributed by atoms with E-state index >= 15 is 0 Å². The topological polar surface area (TPSA) is 31.6 Å². The van der Waals surface area contributed by atoms with Crippen molar-refractivity contribution in [1.29, 1.82) is 0 Å². The zero-order valence-electron chi connectivity index (χ0n) is 11.6. The highest BCUT2D eigenvalue weighted by atomic mass is 79.9. The molecule has 0 aliphatic rings. The minimum atomic E-state index is -0.0836. The summed E-state index contributed by atoms with van der Waals surface area (Å²) < 4.78 is 17.4. The Kier molecular flexibility index (Phi) is 5.16. The molecule has 1 aromatic carbocycles. The first-order valence-corrected chi connectivity index (χ1v) is 7.95. The highest BCUT2D eigenvalue weighted by molar-refractivity contribution is 9.10. The molecule has 0 spiro atoms. The number of aryl methyl sites for hydroxylation is 1. The van der Waals surface area contributed by atoms with E-state index in [1.54, 1.807) is 14.2 Å². The van der Waals surface area contributed by atoms with Gasteiger partial charge in [-0.1, -0.05) is 22.9 Å². The minimum Gasteiger partial charge on any atom is -0.496 e. The highest BCUT2D eigenvalue weighted by Crippen LogP contribution is 2.42. The molecule has 20 heavy (non-hydrogen) atoms. The van der Waals surface area contributed by atoms with Gasteiger partial charge in [0, 0.05) is 12.0 Å². The number of ether oxygens (including phenoxy) is 2. The van der Waals surface area contributed by atoms with E-state index in [1.165, 1.54) is 0 Å². The van der Waals surface area contributed by atoms with Crippen LogP contribution in [0.4, 0.5) is 0 Å². The summed E-state index contributed by atoms with van der Waals surface area (Å²) in [5.74, 6) is 3.35. The highest BCUT2D eigenvalue weighted by Gasteiger charge is 2.21. The molecule has 0 aliphatic carbocycles. The standard InChI is InChI=1S/C15H16Br2O3/c1-4-9-5-6-12(20-9)15(17)10-7-14(19-3)11(16)8-13(10)18-2/h5-8,15H,4H2,1-3H3. The summed E-state index contributed by atoms with van der Waals surface area (Å²) in [6, 6.07) is 7.81. The van der Waals surface area contributed by atoms with Crippen molar-refractivity contribution >= 4 is 31.9 Å². The molecule has 0 radical (unpaired) electrons. The van der Waals surface area contributed by atoms with Crippen molar-refractivity contribution in [2.45, 2.75) is 18.2 Å². The predicted octanol–water partition coefficient (Wildman–Crippen LogP) is 5.11. The van der Waals surface area contributed by atoms with Crippen molar-refractivity contribution in [3.8, 4) is 11.5 Å². The van der Waals surface area contributed by atoms with Gasteiger partial charge < -0.3 is 13.9 Å². The van der Waals surface area contributed by atoms with Crippen LogP contribution in [0.1, 0.15) is 28.8 Å². The average molecular weight is 404 g/mol. The fourth-order valence-corrected chi connectivity index (χ4v) is 3.04. The van der Waals surface area contributed by atoms with Crippen molar-refractivity contribution in [2.24, 2.45) is 0 Å². The molecule has 0 bridgehead atoms. The second-order valence-corrected chi connectivity index (χ2v) is 6.02. The second kappa shape index (κ2) is 6.68. The Morgan fingerprint density at radius 3 is 2.40 bits per heavy atom. The number of benzene rings is 1. The van der Waals surface area contributed by atoms with Crippen LogP contribution in [-0.2, 0) is 6.42 Å². The maximum atomic E-state index is 5.80. The smallest absolute Gasteiger partial charge is 0.133 e. The molecule has 0 saturated heterocycles. The molecule has 0 amide bonds. The molecule has 3 nitrogen and oxygen atoms in total. The van der Waals surface area contributed by atoms with Crippen LogP contribution < -0.4 is 9.47 Å². The Morgan fingerprint density at radius 2 is 1.85 bits per heavy atom. The Labute approximate surface area is 135 Å². The lowest BCUT2D eigenvalue weighted by atomic mass is 10.1. The van der Waals surface area contributed by atoms with E-state index in [0.29, 0.717) is 0 Å². The molecular formula is C15H16Br2O3. The van der Waals surface area contributed by atoms with Gasteiger partial charge in [0.25, 0.3) is 0 Å². The summed E-state index contributed by atoms with van der Waals surface area (Å²) in [6.07, 6.45) is 0.876. The van der Waals surface area contributed by atoms with Crippen LogP contribution in [0.15, 0.2) is 33.2 Å². The maximum Gasteiger partial charge on any atom is 0.133 e. The molecule has 0 N–H and O–H groups in total. The number of furan rings is 1. The number of methoxy groups -OCH3 is 2. The van der Waals surface area contributed by atoms with Crippen LogP contribution in [0, 0.1) is 0 Å².